The molecule has 0 saturated carbocycles. The van der Waals surface area contributed by atoms with Crippen LogP contribution in [0.15, 0.2) is 79.0 Å². The fourth-order valence-corrected chi connectivity index (χ4v) is 3.27. The van der Waals surface area contributed by atoms with Crippen molar-refractivity contribution in [1.29, 1.82) is 0 Å². The molecule has 0 amide bonds. The van der Waals surface area contributed by atoms with Crippen LogP contribution in [0.2, 0.25) is 5.02 Å². The average Bonchev–Trinajstić information content (AvgIpc) is 2.69. The molecule has 1 heterocycles. The summed E-state index contributed by atoms with van der Waals surface area (Å²) in [6.45, 7) is 1.56. The summed E-state index contributed by atoms with van der Waals surface area (Å²) in [7, 11) is 0. The number of benzene rings is 3. The van der Waals surface area contributed by atoms with Gasteiger partial charge in [0.2, 0.25) is 0 Å². The van der Waals surface area contributed by atoms with Crippen LogP contribution in [0.3, 0.4) is 0 Å². The monoisotopic (exact) mass is 375 g/mol. The maximum absolute atomic E-state index is 13.9. The quantitative estimate of drug-likeness (QED) is 0.489. The molecule has 5 heteroatoms. The first-order valence-electron chi connectivity index (χ1n) is 8.64. The van der Waals surface area contributed by atoms with E-state index in [9.17, 15) is 4.39 Å². The summed E-state index contributed by atoms with van der Waals surface area (Å²) >= 11 is 6.03. The standard InChI is InChI=1S/C22H16BClFNO/c1-15-7-12-21(22-20(15)6-3-13-26-22)27-23(16-8-10-18(24)11-9-16)17-4-2-5-19(25)14-17/h2-14H,1H3. The third kappa shape index (κ3) is 3.67. The third-order valence-electron chi connectivity index (χ3n) is 4.52. The largest absolute Gasteiger partial charge is 0.550 e. The van der Waals surface area contributed by atoms with Gasteiger partial charge in [0.15, 0.2) is 0 Å². The second kappa shape index (κ2) is 7.41. The van der Waals surface area contributed by atoms with Gasteiger partial charge in [0.1, 0.15) is 17.1 Å². The number of aryl methyl sites for hydroxylation is 1. The minimum Gasteiger partial charge on any atom is -0.550 e. The molecular weight excluding hydrogens is 360 g/mol. The van der Waals surface area contributed by atoms with E-state index in [2.05, 4.69) is 4.98 Å². The van der Waals surface area contributed by atoms with Crippen LogP contribution < -0.4 is 15.6 Å². The number of fused-ring (bicyclic) bond motifs is 1. The van der Waals surface area contributed by atoms with Crippen LogP contribution in [0, 0.1) is 12.7 Å². The molecule has 4 rings (SSSR count). The molecule has 0 aliphatic carbocycles. The van der Waals surface area contributed by atoms with Gasteiger partial charge in [-0.3, -0.25) is 4.98 Å². The summed E-state index contributed by atoms with van der Waals surface area (Å²) in [5.41, 5.74) is 3.52. The van der Waals surface area contributed by atoms with Gasteiger partial charge in [-0.25, -0.2) is 4.39 Å². The molecule has 0 atom stereocenters. The lowest BCUT2D eigenvalue weighted by Gasteiger charge is -2.18. The minimum atomic E-state index is -0.481. The molecule has 0 bridgehead atoms. The van der Waals surface area contributed by atoms with Crippen LogP contribution in [0.25, 0.3) is 10.9 Å². The predicted molar refractivity (Wildman–Crippen MR) is 110 cm³/mol. The van der Waals surface area contributed by atoms with Crippen LogP contribution in [0.1, 0.15) is 5.56 Å². The minimum absolute atomic E-state index is 0.304. The zero-order chi connectivity index (χ0) is 18.8. The van der Waals surface area contributed by atoms with Gasteiger partial charge in [-0.1, -0.05) is 48.0 Å². The summed E-state index contributed by atoms with van der Waals surface area (Å²) in [6, 6.07) is 21.7. The van der Waals surface area contributed by atoms with Crippen LogP contribution in [0.5, 0.6) is 5.75 Å². The Morgan fingerprint density at radius 2 is 1.74 bits per heavy atom. The average molecular weight is 376 g/mol. The second-order valence-electron chi connectivity index (χ2n) is 6.38. The summed E-state index contributed by atoms with van der Waals surface area (Å²) in [5, 5.41) is 1.67. The molecule has 0 spiro atoms. The van der Waals surface area contributed by atoms with Gasteiger partial charge in [-0.2, -0.15) is 0 Å². The SMILES string of the molecule is Cc1ccc(OB(c2ccc(Cl)cc2)c2cccc(F)c2)c2ncccc12. The molecule has 27 heavy (non-hydrogen) atoms. The zero-order valence-electron chi connectivity index (χ0n) is 14.7. The molecule has 0 fully saturated rings. The normalized spacial score (nSPS) is 10.8. The number of pyridine rings is 1. The van der Waals surface area contributed by atoms with Crippen molar-refractivity contribution in [2.45, 2.75) is 6.92 Å². The van der Waals surface area contributed by atoms with Gasteiger partial charge in [0, 0.05) is 16.6 Å². The number of nitrogens with zero attached hydrogens (tertiary/aromatic N) is 1. The topological polar surface area (TPSA) is 22.1 Å². The maximum Gasteiger partial charge on any atom is 0.426 e. The lowest BCUT2D eigenvalue weighted by molar-refractivity contribution is 0.595. The zero-order valence-corrected chi connectivity index (χ0v) is 15.5. The van der Waals surface area contributed by atoms with E-state index in [1.165, 1.54) is 12.1 Å². The molecule has 2 nitrogen and oxygen atoms in total. The van der Waals surface area contributed by atoms with E-state index >= 15 is 0 Å². The van der Waals surface area contributed by atoms with Gasteiger partial charge < -0.3 is 4.65 Å². The first kappa shape index (κ1) is 17.6. The van der Waals surface area contributed by atoms with Crippen molar-refractivity contribution in [3.63, 3.8) is 0 Å². The second-order valence-corrected chi connectivity index (χ2v) is 6.82. The van der Waals surface area contributed by atoms with Crippen LogP contribution in [0.4, 0.5) is 4.39 Å². The molecule has 0 aliphatic heterocycles. The molecule has 0 saturated heterocycles. The smallest absolute Gasteiger partial charge is 0.426 e. The molecule has 1 aromatic heterocycles. The first-order chi connectivity index (χ1) is 13.1. The van der Waals surface area contributed by atoms with Crippen molar-refractivity contribution in [3.8, 4) is 5.75 Å². The van der Waals surface area contributed by atoms with E-state index in [-0.39, 0.29) is 5.82 Å². The molecular formula is C22H16BClFNO. The van der Waals surface area contributed by atoms with E-state index in [0.717, 1.165) is 27.4 Å². The first-order valence-corrected chi connectivity index (χ1v) is 9.01. The van der Waals surface area contributed by atoms with Crippen LogP contribution in [-0.2, 0) is 0 Å². The Bertz CT molecular complexity index is 1100. The lowest BCUT2D eigenvalue weighted by atomic mass is 9.55. The molecule has 4 aromatic rings. The van der Waals surface area contributed by atoms with Gasteiger partial charge in [0.25, 0.3) is 0 Å². The highest BCUT2D eigenvalue weighted by Gasteiger charge is 2.25. The summed E-state index contributed by atoms with van der Waals surface area (Å²) in [5.74, 6) is 0.349. The van der Waals surface area contributed by atoms with E-state index in [1.807, 2.05) is 49.4 Å². The van der Waals surface area contributed by atoms with Crippen LogP contribution >= 0.6 is 11.6 Å². The molecule has 3 aromatic carbocycles. The van der Waals surface area contributed by atoms with Crippen molar-refractivity contribution >= 4 is 40.3 Å². The molecule has 0 N–H and O–H groups in total. The van der Waals surface area contributed by atoms with Gasteiger partial charge in [0.05, 0.1) is 0 Å². The Morgan fingerprint density at radius 3 is 2.52 bits per heavy atom. The lowest BCUT2D eigenvalue weighted by Crippen LogP contribution is -2.47. The van der Waals surface area contributed by atoms with Crippen molar-refractivity contribution < 1.29 is 9.04 Å². The molecule has 0 aliphatic rings. The molecule has 132 valence electrons. The van der Waals surface area contributed by atoms with Gasteiger partial charge >= 0.3 is 6.92 Å². The van der Waals surface area contributed by atoms with Gasteiger partial charge in [-0.05, 0) is 59.8 Å². The van der Waals surface area contributed by atoms with Gasteiger partial charge in [-0.15, -0.1) is 0 Å². The van der Waals surface area contributed by atoms with Crippen molar-refractivity contribution in [1.82, 2.24) is 4.98 Å². The predicted octanol–water partition coefficient (Wildman–Crippen LogP) is 4.52. The number of hydrogen-bond acceptors (Lipinski definition) is 2. The Labute approximate surface area is 162 Å². The maximum atomic E-state index is 13.9. The third-order valence-corrected chi connectivity index (χ3v) is 4.77. The number of rotatable bonds is 4. The highest BCUT2D eigenvalue weighted by molar-refractivity contribution is 6.80. The molecule has 0 unspecified atom stereocenters. The Kier molecular flexibility index (Phi) is 4.82. The Balaban J connectivity index is 1.83. The van der Waals surface area contributed by atoms with Crippen LogP contribution in [-0.4, -0.2) is 11.9 Å². The Hall–Kier alpha value is -2.85. The highest BCUT2D eigenvalue weighted by atomic mass is 35.5. The van der Waals surface area contributed by atoms with Crippen molar-refractivity contribution in [2.75, 3.05) is 0 Å². The fraction of sp³-hybridized carbons (Fsp3) is 0.0455. The summed E-state index contributed by atoms with van der Waals surface area (Å²) in [4.78, 5) is 4.49. The summed E-state index contributed by atoms with van der Waals surface area (Å²) in [6.07, 6.45) is 1.74. The highest BCUT2D eigenvalue weighted by Crippen LogP contribution is 2.26. The fourth-order valence-electron chi connectivity index (χ4n) is 3.15. The number of aromatic nitrogens is 1. The Morgan fingerprint density at radius 1 is 0.926 bits per heavy atom. The van der Waals surface area contributed by atoms with E-state index in [4.69, 9.17) is 16.3 Å². The number of hydrogen-bond donors (Lipinski definition) is 0. The molecule has 0 radical (unpaired) electrons. The summed E-state index contributed by atoms with van der Waals surface area (Å²) < 4.78 is 20.2. The van der Waals surface area contributed by atoms with E-state index < -0.39 is 6.92 Å². The van der Waals surface area contributed by atoms with Crippen molar-refractivity contribution in [3.05, 3.63) is 95.4 Å². The van der Waals surface area contributed by atoms with E-state index in [0.29, 0.717) is 10.8 Å². The van der Waals surface area contributed by atoms with E-state index in [1.54, 1.807) is 24.4 Å². The van der Waals surface area contributed by atoms with Crippen molar-refractivity contribution in [2.24, 2.45) is 0 Å². The number of halogens is 2.